The summed E-state index contributed by atoms with van der Waals surface area (Å²) in [4.78, 5) is 14.1. The monoisotopic (exact) mass is 241 g/mol. The Morgan fingerprint density at radius 1 is 1.50 bits per heavy atom. The van der Waals surface area contributed by atoms with E-state index in [-0.39, 0.29) is 6.42 Å². The predicted molar refractivity (Wildman–Crippen MR) is 67.0 cm³/mol. The van der Waals surface area contributed by atoms with Crippen LogP contribution in [0.5, 0.6) is 0 Å². The van der Waals surface area contributed by atoms with Crippen molar-refractivity contribution >= 4 is 17.3 Å². The molecule has 0 radical (unpaired) electrons. The molecule has 0 amide bonds. The van der Waals surface area contributed by atoms with Crippen molar-refractivity contribution in [3.05, 3.63) is 22.4 Å². The summed E-state index contributed by atoms with van der Waals surface area (Å²) in [6.07, 6.45) is 1.23. The molecule has 0 atom stereocenters. The van der Waals surface area contributed by atoms with Gasteiger partial charge in [0.25, 0.3) is 0 Å². The number of aliphatic carboxylic acids is 1. The summed E-state index contributed by atoms with van der Waals surface area (Å²) in [5.41, 5.74) is 0. The lowest BCUT2D eigenvalue weighted by Crippen LogP contribution is -2.34. The van der Waals surface area contributed by atoms with Crippen LogP contribution in [-0.4, -0.2) is 35.1 Å². The normalized spacial score (nSPS) is 11.2. The van der Waals surface area contributed by atoms with Gasteiger partial charge < -0.3 is 5.11 Å². The Hall–Kier alpha value is -0.870. The summed E-state index contributed by atoms with van der Waals surface area (Å²) in [5.74, 6) is -0.721. The molecule has 0 spiro atoms. The Labute approximate surface area is 101 Å². The van der Waals surface area contributed by atoms with Gasteiger partial charge in [-0.15, -0.1) is 11.3 Å². The lowest BCUT2D eigenvalue weighted by molar-refractivity contribution is -0.137. The number of carbonyl (C=O) groups is 1. The first-order valence-corrected chi connectivity index (χ1v) is 6.46. The van der Waals surface area contributed by atoms with Crippen LogP contribution in [0.4, 0.5) is 0 Å². The zero-order chi connectivity index (χ0) is 12.0. The lowest BCUT2D eigenvalue weighted by atomic mass is 10.2. The summed E-state index contributed by atoms with van der Waals surface area (Å²) in [7, 11) is 0. The standard InChI is InChI=1S/C12H19NO2S/c1-10(2)13(8-6-12(14)15)7-5-11-4-3-9-16-11/h3-4,9-10H,5-8H2,1-2H3,(H,14,15). The van der Waals surface area contributed by atoms with E-state index in [1.165, 1.54) is 4.88 Å². The van der Waals surface area contributed by atoms with E-state index >= 15 is 0 Å². The van der Waals surface area contributed by atoms with E-state index in [1.807, 2.05) is 0 Å². The van der Waals surface area contributed by atoms with Crippen LogP contribution in [0.15, 0.2) is 17.5 Å². The highest BCUT2D eigenvalue weighted by atomic mass is 32.1. The van der Waals surface area contributed by atoms with Crippen molar-refractivity contribution in [2.75, 3.05) is 13.1 Å². The molecule has 0 aliphatic heterocycles. The number of nitrogens with zero attached hydrogens (tertiary/aromatic N) is 1. The highest BCUT2D eigenvalue weighted by molar-refractivity contribution is 7.09. The lowest BCUT2D eigenvalue weighted by Gasteiger charge is -2.25. The molecule has 0 saturated carbocycles. The maximum Gasteiger partial charge on any atom is 0.304 e. The molecule has 0 aromatic carbocycles. The molecule has 0 aliphatic carbocycles. The summed E-state index contributed by atoms with van der Waals surface area (Å²) in [6, 6.07) is 4.58. The molecule has 3 nitrogen and oxygen atoms in total. The summed E-state index contributed by atoms with van der Waals surface area (Å²) < 4.78 is 0. The summed E-state index contributed by atoms with van der Waals surface area (Å²) >= 11 is 1.76. The molecular weight excluding hydrogens is 222 g/mol. The molecule has 1 N–H and O–H groups in total. The highest BCUT2D eigenvalue weighted by Crippen LogP contribution is 2.11. The number of rotatable bonds is 7. The van der Waals surface area contributed by atoms with E-state index in [2.05, 4.69) is 36.3 Å². The van der Waals surface area contributed by atoms with Gasteiger partial charge in [0.1, 0.15) is 0 Å². The van der Waals surface area contributed by atoms with E-state index in [4.69, 9.17) is 5.11 Å². The van der Waals surface area contributed by atoms with Crippen LogP contribution < -0.4 is 0 Å². The van der Waals surface area contributed by atoms with E-state index in [0.29, 0.717) is 12.6 Å². The van der Waals surface area contributed by atoms with Gasteiger partial charge in [-0.05, 0) is 31.7 Å². The second kappa shape index (κ2) is 6.66. The third-order valence-electron chi connectivity index (χ3n) is 2.57. The van der Waals surface area contributed by atoms with E-state index in [1.54, 1.807) is 11.3 Å². The molecule has 0 fully saturated rings. The zero-order valence-corrected chi connectivity index (χ0v) is 10.7. The van der Waals surface area contributed by atoms with Crippen molar-refractivity contribution in [3.63, 3.8) is 0 Å². The zero-order valence-electron chi connectivity index (χ0n) is 9.85. The van der Waals surface area contributed by atoms with Gasteiger partial charge in [0, 0.05) is 24.0 Å². The van der Waals surface area contributed by atoms with Crippen LogP contribution in [0.3, 0.4) is 0 Å². The molecule has 1 aromatic rings. The van der Waals surface area contributed by atoms with Gasteiger partial charge in [0.05, 0.1) is 6.42 Å². The van der Waals surface area contributed by atoms with E-state index in [9.17, 15) is 4.79 Å². The predicted octanol–water partition coefficient (Wildman–Crippen LogP) is 2.48. The van der Waals surface area contributed by atoms with Gasteiger partial charge in [-0.1, -0.05) is 6.07 Å². The molecule has 0 saturated heterocycles. The Bertz CT molecular complexity index is 309. The first kappa shape index (κ1) is 13.2. The fourth-order valence-corrected chi connectivity index (χ4v) is 2.27. The molecule has 16 heavy (non-hydrogen) atoms. The second-order valence-corrected chi connectivity index (χ2v) is 5.14. The van der Waals surface area contributed by atoms with Gasteiger partial charge >= 0.3 is 5.97 Å². The third kappa shape index (κ3) is 4.77. The van der Waals surface area contributed by atoms with Gasteiger partial charge in [0.2, 0.25) is 0 Å². The molecule has 0 bridgehead atoms. The summed E-state index contributed by atoms with van der Waals surface area (Å²) in [5, 5.41) is 10.7. The van der Waals surface area contributed by atoms with Gasteiger partial charge in [-0.2, -0.15) is 0 Å². The number of hydrogen-bond donors (Lipinski definition) is 1. The van der Waals surface area contributed by atoms with Crippen LogP contribution in [0, 0.1) is 0 Å². The molecule has 1 heterocycles. The fourth-order valence-electron chi connectivity index (χ4n) is 1.58. The van der Waals surface area contributed by atoms with Crippen LogP contribution in [0.1, 0.15) is 25.1 Å². The largest absolute Gasteiger partial charge is 0.481 e. The summed E-state index contributed by atoms with van der Waals surface area (Å²) in [6.45, 7) is 5.79. The molecule has 1 rings (SSSR count). The van der Waals surface area contributed by atoms with Crippen molar-refractivity contribution < 1.29 is 9.90 Å². The molecule has 0 unspecified atom stereocenters. The minimum absolute atomic E-state index is 0.225. The smallest absolute Gasteiger partial charge is 0.304 e. The van der Waals surface area contributed by atoms with Gasteiger partial charge in [-0.25, -0.2) is 0 Å². The highest BCUT2D eigenvalue weighted by Gasteiger charge is 2.11. The maximum absolute atomic E-state index is 10.5. The van der Waals surface area contributed by atoms with Crippen LogP contribution in [-0.2, 0) is 11.2 Å². The van der Waals surface area contributed by atoms with E-state index in [0.717, 1.165) is 13.0 Å². The maximum atomic E-state index is 10.5. The third-order valence-corrected chi connectivity index (χ3v) is 3.50. The van der Waals surface area contributed by atoms with Crippen molar-refractivity contribution in [2.24, 2.45) is 0 Å². The SMILES string of the molecule is CC(C)N(CCC(=O)O)CCc1cccs1. The molecule has 90 valence electrons. The molecular formula is C12H19NO2S. The number of carboxylic acids is 1. The minimum Gasteiger partial charge on any atom is -0.481 e. The Morgan fingerprint density at radius 2 is 2.25 bits per heavy atom. The van der Waals surface area contributed by atoms with Crippen molar-refractivity contribution in [3.8, 4) is 0 Å². The van der Waals surface area contributed by atoms with E-state index < -0.39 is 5.97 Å². The number of thiophene rings is 1. The van der Waals surface area contributed by atoms with Crippen LogP contribution in [0.25, 0.3) is 0 Å². The van der Waals surface area contributed by atoms with Gasteiger partial charge in [-0.3, -0.25) is 9.69 Å². The average molecular weight is 241 g/mol. The van der Waals surface area contributed by atoms with Crippen LogP contribution in [0.2, 0.25) is 0 Å². The topological polar surface area (TPSA) is 40.5 Å². The first-order chi connectivity index (χ1) is 7.59. The molecule has 1 aromatic heterocycles. The minimum atomic E-state index is -0.721. The number of hydrogen-bond acceptors (Lipinski definition) is 3. The quantitative estimate of drug-likeness (QED) is 0.797. The fraction of sp³-hybridized carbons (Fsp3) is 0.583. The molecule has 0 aliphatic rings. The first-order valence-electron chi connectivity index (χ1n) is 5.58. The Balaban J connectivity index is 2.36. The molecule has 4 heteroatoms. The Kier molecular flexibility index (Phi) is 5.49. The second-order valence-electron chi connectivity index (χ2n) is 4.10. The van der Waals surface area contributed by atoms with Crippen molar-refractivity contribution in [1.29, 1.82) is 0 Å². The Morgan fingerprint density at radius 3 is 2.75 bits per heavy atom. The van der Waals surface area contributed by atoms with Gasteiger partial charge in [0.15, 0.2) is 0 Å². The van der Waals surface area contributed by atoms with Crippen molar-refractivity contribution in [2.45, 2.75) is 32.7 Å². The van der Waals surface area contributed by atoms with Crippen molar-refractivity contribution in [1.82, 2.24) is 4.90 Å². The number of carboxylic acid groups (broad SMARTS) is 1. The van der Waals surface area contributed by atoms with Crippen LogP contribution >= 0.6 is 11.3 Å². The average Bonchev–Trinajstić information content (AvgIpc) is 2.69.